The average molecular weight is 344 g/mol. The Labute approximate surface area is 140 Å². The van der Waals surface area contributed by atoms with E-state index in [9.17, 15) is 4.79 Å². The van der Waals surface area contributed by atoms with Crippen LogP contribution in [0.25, 0.3) is 0 Å². The lowest BCUT2D eigenvalue weighted by Gasteiger charge is -2.44. The lowest BCUT2D eigenvalue weighted by atomic mass is 9.86. The summed E-state index contributed by atoms with van der Waals surface area (Å²) in [4.78, 5) is 14.6. The summed E-state index contributed by atoms with van der Waals surface area (Å²) in [5.41, 5.74) is 0. The Bertz CT molecular complexity index is 558. The summed E-state index contributed by atoms with van der Waals surface area (Å²) in [5.74, 6) is 0.670. The molecule has 0 saturated carbocycles. The number of piperidine rings is 3. The van der Waals surface area contributed by atoms with Gasteiger partial charge in [0.15, 0.2) is 6.10 Å². The maximum absolute atomic E-state index is 12.2. The van der Waals surface area contributed by atoms with Crippen molar-refractivity contribution < 1.29 is 14.3 Å². The molecule has 2 bridgehead atoms. The number of nitrogens with zero attached hydrogens (tertiary/aromatic N) is 1. The predicted molar refractivity (Wildman–Crippen MR) is 85.6 cm³/mol. The highest BCUT2D eigenvalue weighted by Gasteiger charge is 2.37. The van der Waals surface area contributed by atoms with Gasteiger partial charge in [-0.2, -0.15) is 0 Å². The Morgan fingerprint density at radius 1 is 1.27 bits per heavy atom. The second-order valence-electron chi connectivity index (χ2n) is 5.95. The van der Waals surface area contributed by atoms with Crippen LogP contribution < -0.4 is 4.74 Å². The van der Waals surface area contributed by atoms with E-state index >= 15 is 0 Å². The van der Waals surface area contributed by atoms with Crippen LogP contribution in [0, 0.1) is 5.92 Å². The Hall–Kier alpha value is -0.970. The van der Waals surface area contributed by atoms with Crippen LogP contribution >= 0.6 is 23.2 Å². The fourth-order valence-electron chi connectivity index (χ4n) is 3.09. The van der Waals surface area contributed by atoms with Gasteiger partial charge in [-0.3, -0.25) is 4.90 Å². The van der Waals surface area contributed by atoms with Gasteiger partial charge in [0.2, 0.25) is 0 Å². The second-order valence-corrected chi connectivity index (χ2v) is 6.76. The first kappa shape index (κ1) is 15.9. The molecule has 3 fully saturated rings. The molecular weight excluding hydrogens is 325 g/mol. The Morgan fingerprint density at radius 3 is 2.59 bits per heavy atom. The quantitative estimate of drug-likeness (QED) is 0.785. The number of carbonyl (C=O) groups is 1. The van der Waals surface area contributed by atoms with Gasteiger partial charge >= 0.3 is 5.97 Å². The number of halogens is 2. The van der Waals surface area contributed by atoms with Crippen LogP contribution in [0.3, 0.4) is 0 Å². The van der Waals surface area contributed by atoms with Crippen molar-refractivity contribution in [1.82, 2.24) is 4.90 Å². The monoisotopic (exact) mass is 343 g/mol. The molecule has 2 atom stereocenters. The molecule has 3 heterocycles. The molecule has 1 aromatic rings. The maximum Gasteiger partial charge on any atom is 0.347 e. The summed E-state index contributed by atoms with van der Waals surface area (Å²) < 4.78 is 11.3. The van der Waals surface area contributed by atoms with Crippen molar-refractivity contribution in [3.63, 3.8) is 0 Å². The maximum atomic E-state index is 12.2. The van der Waals surface area contributed by atoms with E-state index < -0.39 is 6.10 Å². The first-order valence-corrected chi connectivity index (χ1v) is 8.33. The molecule has 120 valence electrons. The lowest BCUT2D eigenvalue weighted by molar-refractivity contribution is -0.166. The molecule has 0 spiro atoms. The highest BCUT2D eigenvalue weighted by Crippen LogP contribution is 2.30. The third-order valence-electron chi connectivity index (χ3n) is 4.40. The molecule has 4 rings (SSSR count). The van der Waals surface area contributed by atoms with Gasteiger partial charge < -0.3 is 9.47 Å². The van der Waals surface area contributed by atoms with Gasteiger partial charge in [-0.15, -0.1) is 0 Å². The summed E-state index contributed by atoms with van der Waals surface area (Å²) in [6, 6.07) is 4.93. The number of hydrogen-bond acceptors (Lipinski definition) is 4. The Balaban J connectivity index is 1.56. The van der Waals surface area contributed by atoms with Gasteiger partial charge in [-0.25, -0.2) is 4.79 Å². The molecule has 3 saturated heterocycles. The highest BCUT2D eigenvalue weighted by molar-refractivity contribution is 6.42. The number of hydrogen-bond donors (Lipinski definition) is 0. The molecule has 22 heavy (non-hydrogen) atoms. The summed E-state index contributed by atoms with van der Waals surface area (Å²) in [6.07, 6.45) is 1.54. The fraction of sp³-hybridized carbons (Fsp3) is 0.562. The van der Waals surface area contributed by atoms with E-state index in [4.69, 9.17) is 32.7 Å². The molecule has 2 unspecified atom stereocenters. The van der Waals surface area contributed by atoms with Gasteiger partial charge in [0, 0.05) is 12.6 Å². The minimum absolute atomic E-state index is 0.00476. The van der Waals surface area contributed by atoms with E-state index in [2.05, 4.69) is 4.90 Å². The number of benzene rings is 1. The Kier molecular flexibility index (Phi) is 4.81. The van der Waals surface area contributed by atoms with E-state index in [1.165, 1.54) is 0 Å². The molecule has 1 aromatic carbocycles. The van der Waals surface area contributed by atoms with Gasteiger partial charge in [-0.05, 0) is 50.9 Å². The predicted octanol–water partition coefficient (Wildman–Crippen LogP) is 3.40. The topological polar surface area (TPSA) is 38.8 Å². The number of rotatable bonds is 4. The molecule has 3 aliphatic rings. The van der Waals surface area contributed by atoms with E-state index in [0.29, 0.717) is 21.7 Å². The van der Waals surface area contributed by atoms with Gasteiger partial charge in [0.05, 0.1) is 10.0 Å². The minimum Gasteiger partial charge on any atom is -0.479 e. The van der Waals surface area contributed by atoms with E-state index in [1.807, 2.05) is 0 Å². The van der Waals surface area contributed by atoms with Crippen molar-refractivity contribution in [1.29, 1.82) is 0 Å². The van der Waals surface area contributed by atoms with Crippen molar-refractivity contribution in [2.24, 2.45) is 5.92 Å². The first-order chi connectivity index (χ1) is 10.5. The van der Waals surface area contributed by atoms with Crippen molar-refractivity contribution in [3.8, 4) is 5.75 Å². The van der Waals surface area contributed by atoms with Crippen LogP contribution in [-0.4, -0.2) is 42.7 Å². The smallest absolute Gasteiger partial charge is 0.347 e. The standard InChI is InChI=1S/C16H19Cl2NO3/c1-10(21-12-2-3-13(17)14(18)8-12)16(20)22-15-9-19-6-4-11(15)5-7-19/h2-3,8,10-11,15H,4-7,9H2,1H3. The van der Waals surface area contributed by atoms with Crippen LogP contribution in [-0.2, 0) is 9.53 Å². The SMILES string of the molecule is CC(Oc1ccc(Cl)c(Cl)c1)C(=O)OC1CN2CCC1CC2. The van der Waals surface area contributed by atoms with Gasteiger partial charge in [0.25, 0.3) is 0 Å². The molecule has 6 heteroatoms. The van der Waals surface area contributed by atoms with Crippen molar-refractivity contribution in [2.45, 2.75) is 32.0 Å². The fourth-order valence-corrected chi connectivity index (χ4v) is 3.38. The summed E-state index contributed by atoms with van der Waals surface area (Å²) >= 11 is 11.8. The Morgan fingerprint density at radius 2 is 2.00 bits per heavy atom. The van der Waals surface area contributed by atoms with Crippen molar-refractivity contribution in [2.75, 3.05) is 19.6 Å². The summed E-state index contributed by atoms with van der Waals surface area (Å²) in [6.45, 7) is 4.77. The molecule has 0 aliphatic carbocycles. The minimum atomic E-state index is -0.673. The lowest BCUT2D eigenvalue weighted by Crippen LogP contribution is -2.52. The molecule has 0 aromatic heterocycles. The van der Waals surface area contributed by atoms with Crippen LogP contribution in [0.15, 0.2) is 18.2 Å². The second kappa shape index (κ2) is 6.65. The van der Waals surface area contributed by atoms with Crippen LogP contribution in [0.1, 0.15) is 19.8 Å². The number of ether oxygens (including phenoxy) is 2. The summed E-state index contributed by atoms with van der Waals surface area (Å²) in [5, 5.41) is 0.855. The molecule has 0 amide bonds. The van der Waals surface area contributed by atoms with Gasteiger partial charge in [0.1, 0.15) is 11.9 Å². The zero-order chi connectivity index (χ0) is 15.7. The molecule has 0 N–H and O–H groups in total. The number of fused-ring (bicyclic) bond motifs is 3. The van der Waals surface area contributed by atoms with Crippen LogP contribution in [0.4, 0.5) is 0 Å². The average Bonchev–Trinajstić information content (AvgIpc) is 2.52. The number of esters is 1. The van der Waals surface area contributed by atoms with Crippen molar-refractivity contribution >= 4 is 29.2 Å². The highest BCUT2D eigenvalue weighted by atomic mass is 35.5. The third-order valence-corrected chi connectivity index (χ3v) is 5.14. The first-order valence-electron chi connectivity index (χ1n) is 7.57. The van der Waals surface area contributed by atoms with Crippen LogP contribution in [0.2, 0.25) is 10.0 Å². The molecule has 0 radical (unpaired) electrons. The molecule has 4 nitrogen and oxygen atoms in total. The van der Waals surface area contributed by atoms with E-state index in [-0.39, 0.29) is 12.1 Å². The summed E-state index contributed by atoms with van der Waals surface area (Å²) in [7, 11) is 0. The third kappa shape index (κ3) is 3.50. The number of carbonyl (C=O) groups excluding carboxylic acids is 1. The molecular formula is C16H19Cl2NO3. The largest absolute Gasteiger partial charge is 0.479 e. The van der Waals surface area contributed by atoms with E-state index in [0.717, 1.165) is 32.5 Å². The van der Waals surface area contributed by atoms with Crippen molar-refractivity contribution in [3.05, 3.63) is 28.2 Å². The zero-order valence-corrected chi connectivity index (χ0v) is 13.9. The van der Waals surface area contributed by atoms with Crippen LogP contribution in [0.5, 0.6) is 5.75 Å². The van der Waals surface area contributed by atoms with Gasteiger partial charge in [-0.1, -0.05) is 23.2 Å². The molecule has 3 aliphatic heterocycles. The zero-order valence-electron chi connectivity index (χ0n) is 12.4. The normalized spacial score (nSPS) is 28.2. The van der Waals surface area contributed by atoms with E-state index in [1.54, 1.807) is 25.1 Å².